The molecule has 1 aromatic heterocycles. The van der Waals surface area contributed by atoms with Gasteiger partial charge in [0.05, 0.1) is 13.7 Å². The molecule has 1 heterocycles. The van der Waals surface area contributed by atoms with E-state index in [0.29, 0.717) is 24.3 Å². The highest BCUT2D eigenvalue weighted by molar-refractivity contribution is 6.32. The molecule has 0 aliphatic rings. The first-order valence-corrected chi connectivity index (χ1v) is 7.97. The normalized spacial score (nSPS) is 10.3. The van der Waals surface area contributed by atoms with Crippen molar-refractivity contribution in [3.63, 3.8) is 0 Å². The summed E-state index contributed by atoms with van der Waals surface area (Å²) in [6.07, 6.45) is 0.389. The van der Waals surface area contributed by atoms with Gasteiger partial charge in [-0.2, -0.15) is 0 Å². The molecular formula is C16H17Cl2N3O3. The van der Waals surface area contributed by atoms with Crippen LogP contribution in [-0.2, 0) is 22.5 Å². The van der Waals surface area contributed by atoms with Gasteiger partial charge >= 0.3 is 5.97 Å². The number of anilines is 1. The largest absolute Gasteiger partial charge is 0.497 e. The molecule has 2 aromatic rings. The molecule has 2 rings (SSSR count). The SMILES string of the molecule is COc1ccc(CNc2nc(Cl)nc(Cl)c2CCOC(C)=O)cc1. The number of nitrogens with zero attached hydrogens (tertiary/aromatic N) is 2. The van der Waals surface area contributed by atoms with E-state index >= 15 is 0 Å². The Morgan fingerprint density at radius 1 is 1.21 bits per heavy atom. The van der Waals surface area contributed by atoms with Crippen molar-refractivity contribution in [1.82, 2.24) is 9.97 Å². The Bertz CT molecular complexity index is 708. The molecule has 6 nitrogen and oxygen atoms in total. The van der Waals surface area contributed by atoms with Crippen molar-refractivity contribution in [1.29, 1.82) is 0 Å². The third-order valence-corrected chi connectivity index (χ3v) is 3.69. The van der Waals surface area contributed by atoms with Crippen LogP contribution in [-0.4, -0.2) is 29.7 Å². The molecule has 0 bridgehead atoms. The van der Waals surface area contributed by atoms with Crippen molar-refractivity contribution in [3.8, 4) is 5.75 Å². The van der Waals surface area contributed by atoms with E-state index in [1.54, 1.807) is 7.11 Å². The Balaban J connectivity index is 2.10. The molecule has 128 valence electrons. The number of esters is 1. The Labute approximate surface area is 150 Å². The number of methoxy groups -OCH3 is 1. The number of nitrogens with one attached hydrogen (secondary N) is 1. The molecule has 0 spiro atoms. The predicted octanol–water partition coefficient (Wildman–Crippen LogP) is 3.51. The van der Waals surface area contributed by atoms with Crippen LogP contribution in [0.1, 0.15) is 18.1 Å². The van der Waals surface area contributed by atoms with E-state index in [9.17, 15) is 4.79 Å². The first-order chi connectivity index (χ1) is 11.5. The van der Waals surface area contributed by atoms with Crippen LogP contribution in [0.3, 0.4) is 0 Å². The van der Waals surface area contributed by atoms with E-state index in [2.05, 4.69) is 15.3 Å². The Morgan fingerprint density at radius 2 is 1.92 bits per heavy atom. The van der Waals surface area contributed by atoms with Gasteiger partial charge in [0.25, 0.3) is 0 Å². The van der Waals surface area contributed by atoms with Crippen LogP contribution in [0.5, 0.6) is 5.75 Å². The number of hydrogen-bond acceptors (Lipinski definition) is 6. The topological polar surface area (TPSA) is 73.3 Å². The summed E-state index contributed by atoms with van der Waals surface area (Å²) in [5, 5.41) is 3.47. The number of carbonyl (C=O) groups excluding carboxylic acids is 1. The van der Waals surface area contributed by atoms with Gasteiger partial charge in [-0.15, -0.1) is 0 Å². The average molecular weight is 370 g/mol. The molecule has 1 N–H and O–H groups in total. The van der Waals surface area contributed by atoms with Crippen LogP contribution >= 0.6 is 23.2 Å². The second kappa shape index (κ2) is 8.70. The Hall–Kier alpha value is -2.05. The molecule has 0 aliphatic carbocycles. The van der Waals surface area contributed by atoms with E-state index in [0.717, 1.165) is 11.3 Å². The summed E-state index contributed by atoms with van der Waals surface area (Å²) in [5.74, 6) is 0.950. The number of carbonyl (C=O) groups is 1. The van der Waals surface area contributed by atoms with E-state index in [4.69, 9.17) is 32.7 Å². The van der Waals surface area contributed by atoms with Gasteiger partial charge in [-0.3, -0.25) is 4.79 Å². The highest BCUT2D eigenvalue weighted by Crippen LogP contribution is 2.24. The zero-order valence-corrected chi connectivity index (χ0v) is 14.8. The number of halogens is 2. The molecular weight excluding hydrogens is 353 g/mol. The summed E-state index contributed by atoms with van der Waals surface area (Å²) in [6.45, 7) is 2.06. The van der Waals surface area contributed by atoms with Crippen LogP contribution in [0.15, 0.2) is 24.3 Å². The molecule has 0 saturated heterocycles. The standard InChI is InChI=1S/C16H17Cl2N3O3/c1-10(22)24-8-7-13-14(17)20-16(18)21-15(13)19-9-11-3-5-12(23-2)6-4-11/h3-6H,7-9H2,1-2H3,(H,19,20,21). The molecule has 0 saturated carbocycles. The molecule has 8 heteroatoms. The van der Waals surface area contributed by atoms with E-state index in [-0.39, 0.29) is 23.0 Å². The van der Waals surface area contributed by atoms with E-state index in [1.165, 1.54) is 6.92 Å². The maximum atomic E-state index is 10.9. The summed E-state index contributed by atoms with van der Waals surface area (Å²) in [6, 6.07) is 7.63. The Morgan fingerprint density at radius 3 is 2.54 bits per heavy atom. The summed E-state index contributed by atoms with van der Waals surface area (Å²) >= 11 is 12.0. The fraction of sp³-hybridized carbons (Fsp3) is 0.312. The summed E-state index contributed by atoms with van der Waals surface area (Å²) in [5.41, 5.74) is 1.68. The quantitative estimate of drug-likeness (QED) is 0.457. The zero-order valence-electron chi connectivity index (χ0n) is 13.3. The van der Waals surface area contributed by atoms with Gasteiger partial charge < -0.3 is 14.8 Å². The van der Waals surface area contributed by atoms with Crippen molar-refractivity contribution >= 4 is 35.0 Å². The number of benzene rings is 1. The third kappa shape index (κ3) is 5.25. The van der Waals surface area contributed by atoms with Crippen LogP contribution in [0, 0.1) is 0 Å². The fourth-order valence-corrected chi connectivity index (χ4v) is 2.50. The molecule has 24 heavy (non-hydrogen) atoms. The minimum atomic E-state index is -0.353. The summed E-state index contributed by atoms with van der Waals surface area (Å²) in [7, 11) is 1.62. The monoisotopic (exact) mass is 369 g/mol. The fourth-order valence-electron chi connectivity index (χ4n) is 2.02. The smallest absolute Gasteiger partial charge is 0.302 e. The van der Waals surface area contributed by atoms with Crippen LogP contribution in [0.25, 0.3) is 0 Å². The molecule has 0 aliphatic heterocycles. The van der Waals surface area contributed by atoms with Crippen molar-refractivity contribution in [2.75, 3.05) is 19.0 Å². The highest BCUT2D eigenvalue weighted by Gasteiger charge is 2.13. The van der Waals surface area contributed by atoms with Gasteiger partial charge in [-0.05, 0) is 29.3 Å². The first-order valence-electron chi connectivity index (χ1n) is 7.21. The van der Waals surface area contributed by atoms with Gasteiger partial charge in [0, 0.05) is 25.5 Å². The highest BCUT2D eigenvalue weighted by atomic mass is 35.5. The first kappa shape index (κ1) is 18.3. The van der Waals surface area contributed by atoms with Crippen molar-refractivity contribution in [3.05, 3.63) is 45.8 Å². The number of aromatic nitrogens is 2. The maximum Gasteiger partial charge on any atom is 0.302 e. The van der Waals surface area contributed by atoms with Crippen LogP contribution in [0.2, 0.25) is 10.4 Å². The lowest BCUT2D eigenvalue weighted by Crippen LogP contribution is -2.10. The summed E-state index contributed by atoms with van der Waals surface area (Å²) < 4.78 is 10.1. The molecule has 0 amide bonds. The lowest BCUT2D eigenvalue weighted by atomic mass is 10.2. The molecule has 0 fully saturated rings. The van der Waals surface area contributed by atoms with Crippen LogP contribution in [0.4, 0.5) is 5.82 Å². The lowest BCUT2D eigenvalue weighted by molar-refractivity contribution is -0.140. The van der Waals surface area contributed by atoms with Crippen molar-refractivity contribution in [2.24, 2.45) is 0 Å². The number of ether oxygens (including phenoxy) is 2. The second-order valence-corrected chi connectivity index (χ2v) is 5.60. The molecule has 0 unspecified atom stereocenters. The zero-order chi connectivity index (χ0) is 17.5. The van der Waals surface area contributed by atoms with Gasteiger partial charge in [-0.25, -0.2) is 9.97 Å². The van der Waals surface area contributed by atoms with Gasteiger partial charge in [0.15, 0.2) is 0 Å². The third-order valence-electron chi connectivity index (χ3n) is 3.21. The van der Waals surface area contributed by atoms with E-state index in [1.807, 2.05) is 24.3 Å². The number of rotatable bonds is 7. The van der Waals surface area contributed by atoms with Crippen molar-refractivity contribution in [2.45, 2.75) is 19.9 Å². The maximum absolute atomic E-state index is 10.9. The van der Waals surface area contributed by atoms with Gasteiger partial charge in [0.1, 0.15) is 16.7 Å². The molecule has 0 radical (unpaired) electrons. The summed E-state index contributed by atoms with van der Waals surface area (Å²) in [4.78, 5) is 19.0. The number of hydrogen-bond donors (Lipinski definition) is 1. The average Bonchev–Trinajstić information content (AvgIpc) is 2.55. The predicted molar refractivity (Wildman–Crippen MR) is 92.7 cm³/mol. The molecule has 0 atom stereocenters. The minimum absolute atomic E-state index is 0.0495. The van der Waals surface area contributed by atoms with Crippen LogP contribution < -0.4 is 10.1 Å². The lowest BCUT2D eigenvalue weighted by Gasteiger charge is -2.13. The van der Waals surface area contributed by atoms with E-state index < -0.39 is 0 Å². The Kier molecular flexibility index (Phi) is 6.63. The minimum Gasteiger partial charge on any atom is -0.497 e. The second-order valence-electron chi connectivity index (χ2n) is 4.90. The van der Waals surface area contributed by atoms with Crippen molar-refractivity contribution < 1.29 is 14.3 Å². The van der Waals surface area contributed by atoms with Gasteiger partial charge in [0.2, 0.25) is 5.28 Å². The van der Waals surface area contributed by atoms with Gasteiger partial charge in [-0.1, -0.05) is 23.7 Å². The molecule has 1 aromatic carbocycles.